The molecule has 1 aliphatic rings. The van der Waals surface area contributed by atoms with Crippen LogP contribution in [0.25, 0.3) is 0 Å². The minimum atomic E-state index is -0.206. The summed E-state index contributed by atoms with van der Waals surface area (Å²) >= 11 is 3.45. The van der Waals surface area contributed by atoms with Crippen molar-refractivity contribution in [1.82, 2.24) is 5.32 Å². The second-order valence-corrected chi connectivity index (χ2v) is 6.56. The first kappa shape index (κ1) is 14.0. The third kappa shape index (κ3) is 3.81. The topological polar surface area (TPSA) is 32.3 Å². The van der Waals surface area contributed by atoms with Crippen LogP contribution in [0.4, 0.5) is 0 Å². The van der Waals surface area contributed by atoms with Crippen LogP contribution >= 0.6 is 15.9 Å². The van der Waals surface area contributed by atoms with Crippen molar-refractivity contribution >= 4 is 15.9 Å². The molecule has 1 aromatic carbocycles. The molecule has 1 saturated carbocycles. The lowest BCUT2D eigenvalue weighted by Gasteiger charge is -2.32. The highest BCUT2D eigenvalue weighted by molar-refractivity contribution is 9.10. The maximum absolute atomic E-state index is 9.69. The minimum absolute atomic E-state index is 0.180. The minimum Gasteiger partial charge on any atom is -0.394 e. The second-order valence-electron chi connectivity index (χ2n) is 5.65. The van der Waals surface area contributed by atoms with Crippen LogP contribution in [0, 0.1) is 0 Å². The van der Waals surface area contributed by atoms with E-state index >= 15 is 0 Å². The van der Waals surface area contributed by atoms with Gasteiger partial charge in [0.15, 0.2) is 0 Å². The molecule has 2 nitrogen and oxygen atoms in total. The van der Waals surface area contributed by atoms with Crippen molar-refractivity contribution in [3.05, 3.63) is 34.3 Å². The van der Waals surface area contributed by atoms with Crippen molar-refractivity contribution in [2.24, 2.45) is 0 Å². The smallest absolute Gasteiger partial charge is 0.0613 e. The summed E-state index contributed by atoms with van der Waals surface area (Å²) in [6.07, 6.45) is 5.99. The summed E-state index contributed by atoms with van der Waals surface area (Å²) in [5.41, 5.74) is 1.06. The van der Waals surface area contributed by atoms with E-state index in [1.54, 1.807) is 0 Å². The Kier molecular flexibility index (Phi) is 4.82. The summed E-state index contributed by atoms with van der Waals surface area (Å²) in [5.74, 6) is 0. The van der Waals surface area contributed by atoms with Crippen molar-refractivity contribution in [2.45, 2.75) is 50.6 Å². The maximum atomic E-state index is 9.69. The molecule has 2 rings (SSSR count). The highest BCUT2D eigenvalue weighted by Crippen LogP contribution is 2.23. The van der Waals surface area contributed by atoms with Gasteiger partial charge in [0.25, 0.3) is 0 Å². The molecular weight excluding hydrogens is 290 g/mol. The molecule has 100 valence electrons. The predicted molar refractivity (Wildman–Crippen MR) is 78.7 cm³/mol. The van der Waals surface area contributed by atoms with Crippen LogP contribution in [-0.4, -0.2) is 23.3 Å². The molecule has 2 N–H and O–H groups in total. The van der Waals surface area contributed by atoms with E-state index in [4.69, 9.17) is 0 Å². The van der Waals surface area contributed by atoms with Crippen molar-refractivity contribution in [2.75, 3.05) is 6.61 Å². The largest absolute Gasteiger partial charge is 0.394 e. The lowest BCUT2D eigenvalue weighted by Crippen LogP contribution is -2.51. The van der Waals surface area contributed by atoms with Gasteiger partial charge in [-0.3, -0.25) is 0 Å². The Labute approximate surface area is 118 Å². The van der Waals surface area contributed by atoms with Gasteiger partial charge in [-0.05, 0) is 43.9 Å². The molecular formula is C15H22BrNO. The molecule has 0 heterocycles. The first-order valence-corrected chi connectivity index (χ1v) is 7.54. The number of aliphatic hydroxyl groups excluding tert-OH is 1. The molecule has 0 radical (unpaired) electrons. The quantitative estimate of drug-likeness (QED) is 0.874. The number of rotatable bonds is 5. The average molecular weight is 312 g/mol. The standard InChI is InChI=1S/C15H22BrNO/c1-15(11-18,17-14-4-2-3-5-14)10-12-6-8-13(16)9-7-12/h6-9,14,17-18H,2-5,10-11H2,1H3. The van der Waals surface area contributed by atoms with E-state index in [1.807, 2.05) is 0 Å². The van der Waals surface area contributed by atoms with Gasteiger partial charge in [-0.2, -0.15) is 0 Å². The van der Waals surface area contributed by atoms with E-state index < -0.39 is 0 Å². The van der Waals surface area contributed by atoms with E-state index in [0.717, 1.165) is 10.9 Å². The molecule has 0 aromatic heterocycles. The van der Waals surface area contributed by atoms with Gasteiger partial charge in [-0.25, -0.2) is 0 Å². The van der Waals surface area contributed by atoms with Crippen molar-refractivity contribution in [3.8, 4) is 0 Å². The fourth-order valence-electron chi connectivity index (χ4n) is 2.77. The van der Waals surface area contributed by atoms with Crippen LogP contribution in [0.5, 0.6) is 0 Å². The van der Waals surface area contributed by atoms with Gasteiger partial charge >= 0.3 is 0 Å². The van der Waals surface area contributed by atoms with Gasteiger partial charge in [0.1, 0.15) is 0 Å². The van der Waals surface area contributed by atoms with Crippen LogP contribution < -0.4 is 5.32 Å². The summed E-state index contributed by atoms with van der Waals surface area (Å²) in [7, 11) is 0. The molecule has 1 atom stereocenters. The van der Waals surface area contributed by atoms with Crippen LogP contribution in [-0.2, 0) is 6.42 Å². The SMILES string of the molecule is CC(CO)(Cc1ccc(Br)cc1)NC1CCCC1. The molecule has 0 amide bonds. The zero-order chi connectivity index (χ0) is 13.0. The number of hydrogen-bond donors (Lipinski definition) is 2. The van der Waals surface area contributed by atoms with Crippen LogP contribution in [0.1, 0.15) is 38.2 Å². The summed E-state index contributed by atoms with van der Waals surface area (Å²) in [6, 6.07) is 8.94. The summed E-state index contributed by atoms with van der Waals surface area (Å²) < 4.78 is 1.10. The number of hydrogen-bond acceptors (Lipinski definition) is 2. The highest BCUT2D eigenvalue weighted by atomic mass is 79.9. The molecule has 1 aliphatic carbocycles. The van der Waals surface area contributed by atoms with E-state index in [1.165, 1.54) is 31.2 Å². The van der Waals surface area contributed by atoms with Crippen molar-refractivity contribution < 1.29 is 5.11 Å². The van der Waals surface area contributed by atoms with Gasteiger partial charge in [-0.1, -0.05) is 40.9 Å². The average Bonchev–Trinajstić information content (AvgIpc) is 2.85. The second kappa shape index (κ2) is 6.18. The molecule has 18 heavy (non-hydrogen) atoms. The zero-order valence-corrected chi connectivity index (χ0v) is 12.5. The number of nitrogens with one attached hydrogen (secondary N) is 1. The first-order valence-electron chi connectivity index (χ1n) is 6.74. The number of halogens is 1. The van der Waals surface area contributed by atoms with E-state index in [0.29, 0.717) is 6.04 Å². The van der Waals surface area contributed by atoms with Crippen molar-refractivity contribution in [3.63, 3.8) is 0 Å². The Morgan fingerprint density at radius 3 is 2.44 bits per heavy atom. The van der Waals surface area contributed by atoms with Crippen LogP contribution in [0.3, 0.4) is 0 Å². The van der Waals surface area contributed by atoms with Gasteiger partial charge < -0.3 is 10.4 Å². The molecule has 0 bridgehead atoms. The lowest BCUT2D eigenvalue weighted by molar-refractivity contribution is 0.160. The third-order valence-corrected chi connectivity index (χ3v) is 4.29. The van der Waals surface area contributed by atoms with E-state index in [-0.39, 0.29) is 12.1 Å². The Morgan fingerprint density at radius 1 is 1.28 bits per heavy atom. The maximum Gasteiger partial charge on any atom is 0.0613 e. The summed E-state index contributed by atoms with van der Waals surface area (Å²) in [6.45, 7) is 2.30. The summed E-state index contributed by atoms with van der Waals surface area (Å²) in [5, 5.41) is 13.3. The van der Waals surface area contributed by atoms with E-state index in [9.17, 15) is 5.11 Å². The molecule has 0 aliphatic heterocycles. The van der Waals surface area contributed by atoms with E-state index in [2.05, 4.69) is 52.4 Å². The highest BCUT2D eigenvalue weighted by Gasteiger charge is 2.28. The monoisotopic (exact) mass is 311 g/mol. The molecule has 1 unspecified atom stereocenters. The Balaban J connectivity index is 1.99. The van der Waals surface area contributed by atoms with Gasteiger partial charge in [0.05, 0.1) is 6.61 Å². The molecule has 3 heteroatoms. The van der Waals surface area contributed by atoms with Crippen molar-refractivity contribution in [1.29, 1.82) is 0 Å². The normalized spacial score (nSPS) is 19.9. The predicted octanol–water partition coefficient (Wildman–Crippen LogP) is 3.27. The van der Waals surface area contributed by atoms with Gasteiger partial charge in [-0.15, -0.1) is 0 Å². The zero-order valence-electron chi connectivity index (χ0n) is 11.0. The Bertz CT molecular complexity index is 373. The summed E-state index contributed by atoms with van der Waals surface area (Å²) in [4.78, 5) is 0. The Hall–Kier alpha value is -0.380. The lowest BCUT2D eigenvalue weighted by atomic mass is 9.92. The van der Waals surface area contributed by atoms with Gasteiger partial charge in [0.2, 0.25) is 0 Å². The first-order chi connectivity index (χ1) is 8.61. The van der Waals surface area contributed by atoms with Crippen LogP contribution in [0.2, 0.25) is 0 Å². The molecule has 1 fully saturated rings. The third-order valence-electron chi connectivity index (χ3n) is 3.76. The molecule has 0 spiro atoms. The number of benzene rings is 1. The van der Waals surface area contributed by atoms with Crippen LogP contribution in [0.15, 0.2) is 28.7 Å². The molecule has 0 saturated heterocycles. The Morgan fingerprint density at radius 2 is 1.89 bits per heavy atom. The number of aliphatic hydroxyl groups is 1. The molecule has 1 aromatic rings. The van der Waals surface area contributed by atoms with Gasteiger partial charge in [0, 0.05) is 16.1 Å². The fraction of sp³-hybridized carbons (Fsp3) is 0.600. The fourth-order valence-corrected chi connectivity index (χ4v) is 3.03.